The lowest BCUT2D eigenvalue weighted by Gasteiger charge is -1.98. The molecule has 0 saturated heterocycles. The number of benzene rings is 1. The van der Waals surface area contributed by atoms with Crippen molar-refractivity contribution < 1.29 is 4.74 Å². The summed E-state index contributed by atoms with van der Waals surface area (Å²) in [7, 11) is 1.70. The molecule has 68 valence electrons. The van der Waals surface area contributed by atoms with Crippen molar-refractivity contribution >= 4 is 44.0 Å². The fraction of sp³-hybridized carbons (Fsp3) is 0.200. The monoisotopic (exact) mass is 304 g/mol. The van der Waals surface area contributed by atoms with Crippen LogP contribution < -0.4 is 4.74 Å². The number of methoxy groups -OCH3 is 1. The molecule has 0 aliphatic rings. The molecule has 0 aliphatic carbocycles. The third kappa shape index (κ3) is 1.55. The number of ether oxygens (including phenoxy) is 1. The van der Waals surface area contributed by atoms with Crippen LogP contribution in [0.5, 0.6) is 5.75 Å². The maximum Gasteiger partial charge on any atom is 0.119 e. The molecule has 2 aromatic rings. The molecule has 1 aromatic heterocycles. The molecule has 0 N–H and O–H groups in total. The van der Waals surface area contributed by atoms with Gasteiger partial charge in [-0.15, -0.1) is 11.3 Å². The van der Waals surface area contributed by atoms with Crippen LogP contribution >= 0.6 is 33.9 Å². The van der Waals surface area contributed by atoms with E-state index >= 15 is 0 Å². The molecule has 0 spiro atoms. The predicted molar refractivity (Wildman–Crippen MR) is 65.8 cm³/mol. The molecule has 13 heavy (non-hydrogen) atoms. The van der Waals surface area contributed by atoms with Crippen LogP contribution in [-0.2, 0) is 0 Å². The van der Waals surface area contributed by atoms with Crippen LogP contribution in [-0.4, -0.2) is 7.11 Å². The highest BCUT2D eigenvalue weighted by Crippen LogP contribution is 2.33. The van der Waals surface area contributed by atoms with Crippen molar-refractivity contribution in [2.45, 2.75) is 6.92 Å². The van der Waals surface area contributed by atoms with Crippen LogP contribution in [0.2, 0.25) is 0 Å². The van der Waals surface area contributed by atoms with Gasteiger partial charge in [0.1, 0.15) is 5.75 Å². The Kier molecular flexibility index (Phi) is 2.47. The number of fused-ring (bicyclic) bond motifs is 1. The number of hydrogen-bond donors (Lipinski definition) is 0. The lowest BCUT2D eigenvalue weighted by atomic mass is 10.2. The molecule has 0 amide bonds. The van der Waals surface area contributed by atoms with Crippen molar-refractivity contribution in [3.05, 3.63) is 26.6 Å². The van der Waals surface area contributed by atoms with Gasteiger partial charge in [0.2, 0.25) is 0 Å². The highest BCUT2D eigenvalue weighted by Gasteiger charge is 2.06. The number of thiophene rings is 1. The number of halogens is 1. The topological polar surface area (TPSA) is 9.23 Å². The number of hydrogen-bond acceptors (Lipinski definition) is 2. The van der Waals surface area contributed by atoms with E-state index in [9.17, 15) is 0 Å². The summed E-state index contributed by atoms with van der Waals surface area (Å²) in [6.07, 6.45) is 0. The van der Waals surface area contributed by atoms with E-state index in [1.165, 1.54) is 18.5 Å². The smallest absolute Gasteiger partial charge is 0.119 e. The highest BCUT2D eigenvalue weighted by molar-refractivity contribution is 14.1. The van der Waals surface area contributed by atoms with Crippen molar-refractivity contribution in [2.24, 2.45) is 0 Å². The second-order valence-electron chi connectivity index (χ2n) is 2.86. The second-order valence-corrected chi connectivity index (χ2v) is 5.73. The quantitative estimate of drug-likeness (QED) is 0.728. The average Bonchev–Trinajstić information content (AvgIpc) is 2.43. The van der Waals surface area contributed by atoms with Gasteiger partial charge in [-0.25, -0.2) is 0 Å². The zero-order valence-corrected chi connectivity index (χ0v) is 10.4. The Bertz CT molecular complexity index is 447. The summed E-state index contributed by atoms with van der Waals surface area (Å²) in [5.74, 6) is 0.935. The molecular formula is C10H9IOS. The van der Waals surface area contributed by atoms with Crippen LogP contribution in [0.3, 0.4) is 0 Å². The minimum absolute atomic E-state index is 0.935. The van der Waals surface area contributed by atoms with E-state index in [2.05, 4.69) is 41.6 Å². The molecule has 0 unspecified atom stereocenters. The molecule has 3 heteroatoms. The van der Waals surface area contributed by atoms with Gasteiger partial charge in [-0.05, 0) is 53.3 Å². The first-order chi connectivity index (χ1) is 6.22. The number of rotatable bonds is 1. The second kappa shape index (κ2) is 3.46. The van der Waals surface area contributed by atoms with Crippen LogP contribution in [0, 0.1) is 9.81 Å². The molecule has 0 aliphatic heterocycles. The van der Waals surface area contributed by atoms with Crippen molar-refractivity contribution in [3.8, 4) is 5.75 Å². The van der Waals surface area contributed by atoms with E-state index in [0.717, 1.165) is 5.75 Å². The normalized spacial score (nSPS) is 10.7. The first-order valence-corrected chi connectivity index (χ1v) is 5.84. The lowest BCUT2D eigenvalue weighted by molar-refractivity contribution is 0.415. The Balaban J connectivity index is 2.75. The summed E-state index contributed by atoms with van der Waals surface area (Å²) in [6, 6.07) is 6.23. The summed E-state index contributed by atoms with van der Waals surface area (Å²) in [4.78, 5) is 0. The summed E-state index contributed by atoms with van der Waals surface area (Å²) in [6.45, 7) is 2.15. The summed E-state index contributed by atoms with van der Waals surface area (Å²) in [5.41, 5.74) is 1.36. The Morgan fingerprint density at radius 3 is 2.85 bits per heavy atom. The minimum atomic E-state index is 0.935. The van der Waals surface area contributed by atoms with Gasteiger partial charge < -0.3 is 4.74 Å². The fourth-order valence-electron chi connectivity index (χ4n) is 1.30. The van der Waals surface area contributed by atoms with Crippen molar-refractivity contribution in [1.82, 2.24) is 0 Å². The van der Waals surface area contributed by atoms with Crippen LogP contribution in [0.4, 0.5) is 0 Å². The SMILES string of the molecule is COc1ccc2sc(I)c(C)c2c1. The Morgan fingerprint density at radius 2 is 2.15 bits per heavy atom. The van der Waals surface area contributed by atoms with Crippen LogP contribution in [0.15, 0.2) is 18.2 Å². The van der Waals surface area contributed by atoms with Crippen LogP contribution in [0.1, 0.15) is 5.56 Å². The van der Waals surface area contributed by atoms with E-state index in [0.29, 0.717) is 0 Å². The summed E-state index contributed by atoms with van der Waals surface area (Å²) in [5, 5.41) is 1.31. The maximum atomic E-state index is 5.19. The van der Waals surface area contributed by atoms with Gasteiger partial charge in [0, 0.05) is 10.1 Å². The van der Waals surface area contributed by atoms with Gasteiger partial charge in [0.15, 0.2) is 0 Å². The maximum absolute atomic E-state index is 5.19. The molecular weight excluding hydrogens is 295 g/mol. The standard InChI is InChI=1S/C10H9IOS/c1-6-8-5-7(12-2)3-4-9(8)13-10(6)11/h3-5H,1-2H3. The van der Waals surface area contributed by atoms with E-state index < -0.39 is 0 Å². The summed E-state index contributed by atoms with van der Waals surface area (Å²) < 4.78 is 7.89. The van der Waals surface area contributed by atoms with Crippen LogP contribution in [0.25, 0.3) is 10.1 Å². The molecule has 0 bridgehead atoms. The molecule has 2 rings (SSSR count). The van der Waals surface area contributed by atoms with Crippen molar-refractivity contribution in [2.75, 3.05) is 7.11 Å². The van der Waals surface area contributed by atoms with E-state index in [1.807, 2.05) is 17.4 Å². The van der Waals surface area contributed by atoms with Gasteiger partial charge in [-0.2, -0.15) is 0 Å². The molecule has 0 fully saturated rings. The van der Waals surface area contributed by atoms with Gasteiger partial charge in [-0.1, -0.05) is 0 Å². The Labute approximate surface area is 94.9 Å². The van der Waals surface area contributed by atoms with Gasteiger partial charge in [-0.3, -0.25) is 0 Å². The van der Waals surface area contributed by atoms with Crippen molar-refractivity contribution in [3.63, 3.8) is 0 Å². The first kappa shape index (κ1) is 9.27. The average molecular weight is 304 g/mol. The molecule has 1 heterocycles. The zero-order chi connectivity index (χ0) is 9.42. The first-order valence-electron chi connectivity index (χ1n) is 3.95. The minimum Gasteiger partial charge on any atom is -0.497 e. The third-order valence-corrected chi connectivity index (χ3v) is 4.62. The lowest BCUT2D eigenvalue weighted by Crippen LogP contribution is -1.81. The summed E-state index contributed by atoms with van der Waals surface area (Å²) >= 11 is 4.21. The van der Waals surface area contributed by atoms with E-state index in [4.69, 9.17) is 4.74 Å². The predicted octanol–water partition coefficient (Wildman–Crippen LogP) is 3.82. The van der Waals surface area contributed by atoms with Gasteiger partial charge in [0.25, 0.3) is 0 Å². The fourth-order valence-corrected chi connectivity index (χ4v) is 3.21. The Morgan fingerprint density at radius 1 is 1.38 bits per heavy atom. The number of aryl methyl sites for hydroxylation is 1. The molecule has 0 atom stereocenters. The highest BCUT2D eigenvalue weighted by atomic mass is 127. The van der Waals surface area contributed by atoms with Gasteiger partial charge in [0.05, 0.1) is 9.99 Å². The van der Waals surface area contributed by atoms with Crippen molar-refractivity contribution in [1.29, 1.82) is 0 Å². The van der Waals surface area contributed by atoms with E-state index in [-0.39, 0.29) is 0 Å². The zero-order valence-electron chi connectivity index (χ0n) is 7.43. The Hall–Kier alpha value is -0.290. The third-order valence-electron chi connectivity index (χ3n) is 2.09. The molecule has 1 aromatic carbocycles. The largest absolute Gasteiger partial charge is 0.497 e. The molecule has 0 radical (unpaired) electrons. The molecule has 0 saturated carbocycles. The van der Waals surface area contributed by atoms with Gasteiger partial charge >= 0.3 is 0 Å². The molecule has 1 nitrogen and oxygen atoms in total. The van der Waals surface area contributed by atoms with E-state index in [1.54, 1.807) is 7.11 Å².